The van der Waals surface area contributed by atoms with Crippen molar-refractivity contribution in [3.8, 4) is 0 Å². The highest BCUT2D eigenvalue weighted by Gasteiger charge is 2.71. The molecule has 12 rings (SSSR count). The first-order chi connectivity index (χ1) is 50.6. The molecule has 12 saturated carbocycles. The van der Waals surface area contributed by atoms with Crippen molar-refractivity contribution >= 4 is 26.3 Å². The summed E-state index contributed by atoms with van der Waals surface area (Å²) in [6.07, 6.45) is 24.5. The van der Waals surface area contributed by atoms with Gasteiger partial charge in [0.05, 0.1) is 69.1 Å². The van der Waals surface area contributed by atoms with Crippen molar-refractivity contribution in [2.24, 2.45) is 198 Å². The van der Waals surface area contributed by atoms with Gasteiger partial charge in [-0.25, -0.2) is 0 Å². The molecule has 14 nitrogen and oxygen atoms in total. The zero-order chi connectivity index (χ0) is 78.5. The van der Waals surface area contributed by atoms with Crippen LogP contribution in [-0.2, 0) is 42.8 Å². The summed E-state index contributed by atoms with van der Waals surface area (Å²) in [5.74, 6) is 8.19. The zero-order valence-electron chi connectivity index (χ0n) is 71.3. The van der Waals surface area contributed by atoms with E-state index in [9.17, 15) is 48.7 Å². The SMILES string of the molecule is CC[C@H]1[C@@H](O)C2C3CC[C@H]([C@H](C)CC(CF)C(=O)O)[C@@]3(C)[C@@H](O)CC2[C@@]2(C)CC[C@@H](O)C[C@@H]12.CC[C@H]1[C@@H](OCOC)C2C3CC[C@H]([C@H](C)CC(CF)C(=O)OC)[C@@]3(C)[C@@H](C)CC2[C@@]2(C)CC[C@@H](C)C[C@@H]12.CC[C@H]1[C@@H](OCOC)C2C3CC[C@H]([C@H](C)CC(CO)C(=O)OC)[C@@]3(C)[C@@H](C)CC2[C@@]2(C)CC[C@@H](C)C[C@@H]12.[B]. The lowest BCUT2D eigenvalue weighted by molar-refractivity contribution is -0.240. The number of aliphatic hydroxyl groups is 4. The van der Waals surface area contributed by atoms with Crippen molar-refractivity contribution < 1.29 is 77.1 Å². The van der Waals surface area contributed by atoms with Gasteiger partial charge in [-0.3, -0.25) is 23.2 Å². The Morgan fingerprint density at radius 3 is 1.21 bits per heavy atom. The van der Waals surface area contributed by atoms with E-state index in [-0.39, 0.29) is 109 Å². The highest BCUT2D eigenvalue weighted by Crippen LogP contribution is 2.75. The first-order valence-corrected chi connectivity index (χ1v) is 44.0. The summed E-state index contributed by atoms with van der Waals surface area (Å²) < 4.78 is 61.6. The van der Waals surface area contributed by atoms with Crippen LogP contribution in [0.25, 0.3) is 0 Å². The number of ether oxygens (including phenoxy) is 6. The number of rotatable bonds is 24. The van der Waals surface area contributed by atoms with Gasteiger partial charge in [-0.1, -0.05) is 143 Å². The van der Waals surface area contributed by atoms with Crippen molar-refractivity contribution in [3.05, 3.63) is 0 Å². The van der Waals surface area contributed by atoms with Gasteiger partial charge in [-0.05, 0) is 302 Å². The molecule has 0 aromatic rings. The number of fused-ring (bicyclic) bond motifs is 15. The number of esters is 2. The van der Waals surface area contributed by atoms with E-state index in [2.05, 4.69) is 104 Å². The van der Waals surface area contributed by atoms with Gasteiger partial charge in [0.1, 0.15) is 26.9 Å². The Morgan fingerprint density at radius 1 is 0.454 bits per heavy atom. The van der Waals surface area contributed by atoms with E-state index in [4.69, 9.17) is 28.4 Å². The molecular weight excluding hydrogens is 1370 g/mol. The molecule has 3 radical (unpaired) electrons. The summed E-state index contributed by atoms with van der Waals surface area (Å²) in [6, 6.07) is 0. The van der Waals surface area contributed by atoms with Gasteiger partial charge in [0.2, 0.25) is 0 Å². The Labute approximate surface area is 655 Å². The molecule has 17 heteroatoms. The molecule has 12 fully saturated rings. The van der Waals surface area contributed by atoms with E-state index in [0.29, 0.717) is 121 Å². The van der Waals surface area contributed by atoms with Crippen LogP contribution in [-0.4, -0.2) is 144 Å². The van der Waals surface area contributed by atoms with Crippen molar-refractivity contribution in [1.82, 2.24) is 0 Å². The third-order valence-corrected chi connectivity index (χ3v) is 37.0. The summed E-state index contributed by atoms with van der Waals surface area (Å²) in [4.78, 5) is 36.0. The number of alkyl halides is 2. The zero-order valence-corrected chi connectivity index (χ0v) is 71.3. The largest absolute Gasteiger partial charge is 0.481 e. The first kappa shape index (κ1) is 89.9. The molecule has 12 aliphatic carbocycles. The van der Waals surface area contributed by atoms with Gasteiger partial charge in [-0.2, -0.15) is 0 Å². The van der Waals surface area contributed by atoms with Crippen LogP contribution in [0.2, 0.25) is 0 Å². The topological polar surface area (TPSA) is 208 Å². The smallest absolute Gasteiger partial charge is 0.311 e. The van der Waals surface area contributed by atoms with Crippen LogP contribution in [0.4, 0.5) is 8.78 Å². The summed E-state index contributed by atoms with van der Waals surface area (Å²) in [7, 11) is 6.31. The number of aliphatic hydroxyl groups excluding tert-OH is 4. The Kier molecular flexibility index (Phi) is 30.2. The molecule has 0 bridgehead atoms. The van der Waals surface area contributed by atoms with Gasteiger partial charge in [-0.15, -0.1) is 0 Å². The van der Waals surface area contributed by atoms with Crippen LogP contribution in [0.3, 0.4) is 0 Å². The fourth-order valence-corrected chi connectivity index (χ4v) is 31.4. The van der Waals surface area contributed by atoms with Gasteiger partial charge < -0.3 is 54.0 Å². The third-order valence-electron chi connectivity index (χ3n) is 37.0. The van der Waals surface area contributed by atoms with Crippen molar-refractivity contribution in [2.75, 3.05) is 62.0 Å². The minimum atomic E-state index is -1.08. The maximum atomic E-state index is 13.8. The summed E-state index contributed by atoms with van der Waals surface area (Å²) in [6.45, 7) is 37.5. The number of hydrogen-bond donors (Lipinski definition) is 5. The molecule has 0 aromatic heterocycles. The van der Waals surface area contributed by atoms with Crippen LogP contribution in [0.1, 0.15) is 265 Å². The van der Waals surface area contributed by atoms with E-state index >= 15 is 0 Å². The van der Waals surface area contributed by atoms with Crippen LogP contribution < -0.4 is 0 Å². The normalized spacial score (nSPS) is 47.8. The lowest BCUT2D eigenvalue weighted by Gasteiger charge is -2.67. The number of carboxylic acid groups (broad SMARTS) is 1. The average Bonchev–Trinajstić information content (AvgIpc) is 1.33. The van der Waals surface area contributed by atoms with Gasteiger partial charge in [0.25, 0.3) is 0 Å². The second-order valence-electron chi connectivity index (χ2n) is 41.0. The number of methoxy groups -OCH3 is 4. The monoisotopic (exact) mass is 1520 g/mol. The number of aliphatic carboxylic acids is 1. The predicted octanol–water partition coefficient (Wildman–Crippen LogP) is 18.0. The molecular formula is C91H156BF2O14. The third kappa shape index (κ3) is 15.7. The van der Waals surface area contributed by atoms with Gasteiger partial charge in [0, 0.05) is 22.6 Å². The van der Waals surface area contributed by atoms with Crippen LogP contribution in [0, 0.1) is 198 Å². The number of halogens is 2. The minimum Gasteiger partial charge on any atom is -0.481 e. The lowest BCUT2D eigenvalue weighted by Crippen LogP contribution is -2.65. The van der Waals surface area contributed by atoms with E-state index in [1.165, 1.54) is 104 Å². The Balaban J connectivity index is 0.000000186. The van der Waals surface area contributed by atoms with Crippen molar-refractivity contribution in [1.29, 1.82) is 0 Å². The molecule has 0 spiro atoms. The second kappa shape index (κ2) is 36.3. The average molecular weight is 1520 g/mol. The maximum absolute atomic E-state index is 13.8. The van der Waals surface area contributed by atoms with E-state index < -0.39 is 60.7 Å². The number of carbonyl (C=O) groups is 3. The Hall–Kier alpha value is -1.99. The molecule has 108 heavy (non-hydrogen) atoms. The van der Waals surface area contributed by atoms with Crippen molar-refractivity contribution in [2.45, 2.75) is 295 Å². The quantitative estimate of drug-likeness (QED) is 0.0346. The molecule has 12 aliphatic rings. The summed E-state index contributed by atoms with van der Waals surface area (Å²) >= 11 is 0. The van der Waals surface area contributed by atoms with Crippen molar-refractivity contribution in [3.63, 3.8) is 0 Å². The van der Waals surface area contributed by atoms with Gasteiger partial charge in [0.15, 0.2) is 0 Å². The lowest BCUT2D eigenvalue weighted by atomic mass is 9.39. The second-order valence-corrected chi connectivity index (χ2v) is 41.0. The van der Waals surface area contributed by atoms with Gasteiger partial charge >= 0.3 is 17.9 Å². The standard InChI is InChI=1S/C32H55FO4.C32H56O5.C27H45FO5.B/c2*1-9-23-26-14-19(2)12-13-31(26,5)27-16-21(4)32(6)24(20(3)15-22(17-33)30(34)36-8)10-11-25(32)28(27)29(23)37-18-35-7;1-5-17-20-11-16(29)8-9-26(20,3)21-12-22(30)27(4)18(6-7-19(27)23(21)24(17)31)14(2)10-15(13-28)25(32)33;/h19-29H,9-18H2,1-8H3;19-29,33H,9-18H2,1-8H3;14-24,29-31H,5-13H2,1-4H3,(H,32,33);/t2*19-,20-,21+,22?,23-,24-,25?,26+,27?,28?,29-,31+,32-;14-,15?,16-,17-,18-,19?,20+,21?,22+,23?,24-,26+,27-;/m111./s1. The van der Waals surface area contributed by atoms with Crippen LogP contribution in [0.5, 0.6) is 0 Å². The molecule has 0 saturated heterocycles. The highest BCUT2D eigenvalue weighted by molar-refractivity contribution is 5.75. The first-order valence-electron chi connectivity index (χ1n) is 44.0. The summed E-state index contributed by atoms with van der Waals surface area (Å²) in [5.41, 5.74) is 0.796. The van der Waals surface area contributed by atoms with Crippen LogP contribution in [0.15, 0.2) is 0 Å². The molecule has 39 atom stereocenters. The molecule has 0 aromatic carbocycles. The molecule has 0 aliphatic heterocycles. The Bertz CT molecular complexity index is 2780. The fourth-order valence-electron chi connectivity index (χ4n) is 31.4. The molecule has 0 amide bonds. The van der Waals surface area contributed by atoms with E-state index in [1.54, 1.807) is 14.2 Å². The van der Waals surface area contributed by atoms with Crippen LogP contribution >= 0.6 is 0 Å². The molecule has 12 unspecified atom stereocenters. The Morgan fingerprint density at radius 2 is 0.824 bits per heavy atom. The van der Waals surface area contributed by atoms with E-state index in [1.807, 2.05) is 6.92 Å². The number of carboxylic acids is 1. The number of hydrogen-bond acceptors (Lipinski definition) is 13. The molecule has 621 valence electrons. The highest BCUT2D eigenvalue weighted by atomic mass is 19.1. The van der Waals surface area contributed by atoms with E-state index in [0.717, 1.165) is 62.2 Å². The predicted molar refractivity (Wildman–Crippen MR) is 422 cm³/mol. The molecule has 5 N–H and O–H groups in total. The maximum Gasteiger partial charge on any atom is 0.311 e. The molecule has 0 heterocycles. The minimum absolute atomic E-state index is 0. The summed E-state index contributed by atoms with van der Waals surface area (Å²) in [5, 5.41) is 53.1. The fraction of sp³-hybridized carbons (Fsp3) is 0.967. The number of carbonyl (C=O) groups excluding carboxylic acids is 2.